The monoisotopic (exact) mass is 310 g/mol. The Morgan fingerprint density at radius 1 is 1.18 bits per heavy atom. The van der Waals surface area contributed by atoms with Gasteiger partial charge in [-0.1, -0.05) is 13.8 Å². The van der Waals surface area contributed by atoms with Gasteiger partial charge in [0.05, 0.1) is 0 Å². The molecule has 1 aliphatic heterocycles. The zero-order valence-corrected chi connectivity index (χ0v) is 15.3. The van der Waals surface area contributed by atoms with Gasteiger partial charge in [0.2, 0.25) is 0 Å². The van der Waals surface area contributed by atoms with Gasteiger partial charge < -0.3 is 15.0 Å². The smallest absolute Gasteiger partial charge is 0.410 e. The van der Waals surface area contributed by atoms with Gasteiger partial charge in [0, 0.05) is 25.7 Å². The van der Waals surface area contributed by atoms with E-state index in [1.807, 2.05) is 25.7 Å². The number of nitrogens with zero attached hydrogens (tertiary/aromatic N) is 1. The van der Waals surface area contributed by atoms with E-state index in [0.29, 0.717) is 11.5 Å². The Hall–Kier alpha value is -0.770. The molecule has 0 spiro atoms. The molecule has 1 atom stereocenters. The van der Waals surface area contributed by atoms with Crippen molar-refractivity contribution in [1.29, 1.82) is 0 Å². The minimum atomic E-state index is -0.408. The summed E-state index contributed by atoms with van der Waals surface area (Å²) in [4.78, 5) is 14.0. The van der Waals surface area contributed by atoms with Crippen LogP contribution in [0.3, 0.4) is 0 Å². The van der Waals surface area contributed by atoms with Gasteiger partial charge >= 0.3 is 6.09 Å². The third kappa shape index (κ3) is 4.61. The van der Waals surface area contributed by atoms with Crippen molar-refractivity contribution in [2.75, 3.05) is 19.6 Å². The Labute approximate surface area is 136 Å². The first-order chi connectivity index (χ1) is 10.0. The van der Waals surface area contributed by atoms with E-state index in [1.54, 1.807) is 0 Å². The number of carbonyl (C=O) groups excluding carboxylic acids is 1. The van der Waals surface area contributed by atoms with Crippen molar-refractivity contribution in [3.8, 4) is 0 Å². The number of nitrogens with one attached hydrogen (secondary N) is 1. The van der Waals surface area contributed by atoms with E-state index in [1.165, 1.54) is 12.8 Å². The zero-order valence-electron chi connectivity index (χ0n) is 15.3. The SMILES string of the molecule is CC(NCC1(C)CCN(C(=O)OC(C)(C)C)CC1)C1(C)CC1. The minimum Gasteiger partial charge on any atom is -0.444 e. The summed E-state index contributed by atoms with van der Waals surface area (Å²) in [5, 5.41) is 3.74. The standard InChI is InChI=1S/C18H34N2O2/c1-14(18(6)7-8-18)19-13-17(5)9-11-20(12-10-17)15(21)22-16(2,3)4/h14,19H,7-13H2,1-6H3. The lowest BCUT2D eigenvalue weighted by atomic mass is 9.80. The van der Waals surface area contributed by atoms with Crippen LogP contribution < -0.4 is 5.32 Å². The molecular formula is C18H34N2O2. The lowest BCUT2D eigenvalue weighted by Crippen LogP contribution is -2.48. The summed E-state index contributed by atoms with van der Waals surface area (Å²) in [5.41, 5.74) is 0.403. The maximum atomic E-state index is 12.1. The van der Waals surface area contributed by atoms with Crippen LogP contribution in [0, 0.1) is 10.8 Å². The van der Waals surface area contributed by atoms with Crippen LogP contribution in [0.2, 0.25) is 0 Å². The van der Waals surface area contributed by atoms with E-state index < -0.39 is 5.60 Å². The largest absolute Gasteiger partial charge is 0.444 e. The maximum absolute atomic E-state index is 12.1. The fourth-order valence-corrected chi connectivity index (χ4v) is 3.01. The summed E-state index contributed by atoms with van der Waals surface area (Å²) in [7, 11) is 0. The third-order valence-corrected chi connectivity index (χ3v) is 5.54. The van der Waals surface area contributed by atoms with Gasteiger partial charge in [0.15, 0.2) is 0 Å². The molecule has 1 N–H and O–H groups in total. The van der Waals surface area contributed by atoms with Gasteiger partial charge in [-0.15, -0.1) is 0 Å². The summed E-state index contributed by atoms with van der Waals surface area (Å²) in [5.74, 6) is 0. The average molecular weight is 310 g/mol. The van der Waals surface area contributed by atoms with Crippen LogP contribution in [0.15, 0.2) is 0 Å². The number of rotatable bonds is 4. The molecule has 2 aliphatic rings. The highest BCUT2D eigenvalue weighted by molar-refractivity contribution is 5.68. The highest BCUT2D eigenvalue weighted by Gasteiger charge is 2.43. The molecule has 0 aromatic carbocycles. The summed E-state index contributed by atoms with van der Waals surface area (Å²) in [6.45, 7) is 15.4. The number of carbonyl (C=O) groups is 1. The van der Waals surface area contributed by atoms with E-state index in [4.69, 9.17) is 4.74 Å². The van der Waals surface area contributed by atoms with E-state index in [-0.39, 0.29) is 11.5 Å². The number of piperidine rings is 1. The number of ether oxygens (including phenoxy) is 1. The van der Waals surface area contributed by atoms with Crippen molar-refractivity contribution < 1.29 is 9.53 Å². The van der Waals surface area contributed by atoms with Gasteiger partial charge in [-0.25, -0.2) is 4.79 Å². The van der Waals surface area contributed by atoms with Crippen molar-refractivity contribution >= 4 is 6.09 Å². The van der Waals surface area contributed by atoms with Crippen LogP contribution in [-0.4, -0.2) is 42.3 Å². The number of amides is 1. The first-order valence-electron chi connectivity index (χ1n) is 8.74. The second kappa shape index (κ2) is 6.03. The topological polar surface area (TPSA) is 41.6 Å². The number of likely N-dealkylation sites (tertiary alicyclic amines) is 1. The molecule has 1 saturated heterocycles. The van der Waals surface area contributed by atoms with E-state index >= 15 is 0 Å². The Balaban J connectivity index is 1.76. The van der Waals surface area contributed by atoms with Crippen LogP contribution in [0.25, 0.3) is 0 Å². The quantitative estimate of drug-likeness (QED) is 0.858. The molecule has 1 amide bonds. The second-order valence-electron chi connectivity index (χ2n) is 9.03. The van der Waals surface area contributed by atoms with Crippen LogP contribution in [0.1, 0.15) is 67.2 Å². The molecule has 2 fully saturated rings. The van der Waals surface area contributed by atoms with E-state index in [9.17, 15) is 4.79 Å². The van der Waals surface area contributed by atoms with Crippen LogP contribution in [0.4, 0.5) is 4.79 Å². The summed E-state index contributed by atoms with van der Waals surface area (Å²) in [6, 6.07) is 0.591. The van der Waals surface area contributed by atoms with Gasteiger partial charge in [-0.2, -0.15) is 0 Å². The Bertz CT molecular complexity index is 402. The molecule has 128 valence electrons. The van der Waals surface area contributed by atoms with E-state index in [0.717, 1.165) is 32.5 Å². The van der Waals surface area contributed by atoms with E-state index in [2.05, 4.69) is 26.1 Å². The van der Waals surface area contributed by atoms with Crippen LogP contribution in [-0.2, 0) is 4.74 Å². The van der Waals surface area contributed by atoms with Crippen LogP contribution >= 0.6 is 0 Å². The predicted molar refractivity (Wildman–Crippen MR) is 90.0 cm³/mol. The molecule has 1 unspecified atom stereocenters. The number of hydrogen-bond donors (Lipinski definition) is 1. The molecule has 1 aliphatic carbocycles. The maximum Gasteiger partial charge on any atom is 0.410 e. The lowest BCUT2D eigenvalue weighted by Gasteiger charge is -2.40. The summed E-state index contributed by atoms with van der Waals surface area (Å²) >= 11 is 0. The normalized spacial score (nSPS) is 24.7. The van der Waals surface area contributed by atoms with Crippen LogP contribution in [0.5, 0.6) is 0 Å². The first-order valence-corrected chi connectivity index (χ1v) is 8.74. The molecule has 22 heavy (non-hydrogen) atoms. The van der Waals surface area contributed by atoms with Crippen molar-refractivity contribution in [3.05, 3.63) is 0 Å². The molecular weight excluding hydrogens is 276 g/mol. The Morgan fingerprint density at radius 2 is 1.73 bits per heavy atom. The zero-order chi connectivity index (χ0) is 16.6. The van der Waals surface area contributed by atoms with Gasteiger partial charge in [-0.05, 0) is 64.2 Å². The molecule has 1 heterocycles. The highest BCUT2D eigenvalue weighted by atomic mass is 16.6. The van der Waals surface area contributed by atoms with Gasteiger partial charge in [0.1, 0.15) is 5.60 Å². The molecule has 0 aromatic heterocycles. The van der Waals surface area contributed by atoms with Gasteiger partial charge in [0.25, 0.3) is 0 Å². The summed E-state index contributed by atoms with van der Waals surface area (Å²) in [6.07, 6.45) is 4.63. The molecule has 4 nitrogen and oxygen atoms in total. The minimum absolute atomic E-state index is 0.165. The number of hydrogen-bond acceptors (Lipinski definition) is 3. The fraction of sp³-hybridized carbons (Fsp3) is 0.944. The molecule has 0 radical (unpaired) electrons. The third-order valence-electron chi connectivity index (χ3n) is 5.54. The Kier molecular flexibility index (Phi) is 4.82. The van der Waals surface area contributed by atoms with Crippen molar-refractivity contribution in [1.82, 2.24) is 10.2 Å². The highest BCUT2D eigenvalue weighted by Crippen LogP contribution is 2.48. The fourth-order valence-electron chi connectivity index (χ4n) is 3.01. The van der Waals surface area contributed by atoms with Crippen molar-refractivity contribution in [3.63, 3.8) is 0 Å². The molecule has 2 rings (SSSR count). The molecule has 0 bridgehead atoms. The Morgan fingerprint density at radius 3 is 2.18 bits per heavy atom. The molecule has 1 saturated carbocycles. The second-order valence-corrected chi connectivity index (χ2v) is 9.03. The summed E-state index contributed by atoms with van der Waals surface area (Å²) < 4.78 is 5.47. The lowest BCUT2D eigenvalue weighted by molar-refractivity contribution is 0.0116. The molecule has 4 heteroatoms. The average Bonchev–Trinajstić information content (AvgIpc) is 3.14. The van der Waals surface area contributed by atoms with Crippen molar-refractivity contribution in [2.45, 2.75) is 78.9 Å². The van der Waals surface area contributed by atoms with Gasteiger partial charge in [-0.3, -0.25) is 0 Å². The molecule has 0 aromatic rings. The van der Waals surface area contributed by atoms with Crippen molar-refractivity contribution in [2.24, 2.45) is 10.8 Å². The first kappa shape index (κ1) is 17.6. The predicted octanol–water partition coefficient (Wildman–Crippen LogP) is 3.80.